The minimum absolute atomic E-state index is 0.0720. The van der Waals surface area contributed by atoms with Crippen molar-refractivity contribution < 1.29 is 14.3 Å². The van der Waals surface area contributed by atoms with Gasteiger partial charge in [-0.25, -0.2) is 0 Å². The fraction of sp³-hybridized carbons (Fsp3) is 0.409. The molecular formula is C22H26ClNO3. The lowest BCUT2D eigenvalue weighted by Gasteiger charge is -2.29. The summed E-state index contributed by atoms with van der Waals surface area (Å²) in [6, 6.07) is 13.3. The summed E-state index contributed by atoms with van der Waals surface area (Å²) in [6.07, 6.45) is 4.81. The molecule has 0 saturated heterocycles. The molecular weight excluding hydrogens is 362 g/mol. The number of carbonyl (C=O) groups is 1. The van der Waals surface area contributed by atoms with Gasteiger partial charge in [0, 0.05) is 23.2 Å². The number of carbonyl (C=O) groups excluding carboxylic acids is 1. The van der Waals surface area contributed by atoms with Gasteiger partial charge in [-0.1, -0.05) is 17.7 Å². The molecule has 1 aliphatic carbocycles. The first kappa shape index (κ1) is 19.6. The van der Waals surface area contributed by atoms with Gasteiger partial charge in [0.2, 0.25) is 5.91 Å². The molecule has 0 heterocycles. The van der Waals surface area contributed by atoms with Crippen LogP contribution in [0.2, 0.25) is 5.02 Å². The van der Waals surface area contributed by atoms with E-state index in [1.54, 1.807) is 26.4 Å². The van der Waals surface area contributed by atoms with Crippen LogP contribution in [-0.4, -0.2) is 20.1 Å². The Kier molecular flexibility index (Phi) is 6.62. The van der Waals surface area contributed by atoms with Gasteiger partial charge >= 0.3 is 0 Å². The van der Waals surface area contributed by atoms with Gasteiger partial charge in [-0.2, -0.15) is 0 Å². The van der Waals surface area contributed by atoms with E-state index in [1.165, 1.54) is 5.56 Å². The topological polar surface area (TPSA) is 47.6 Å². The summed E-state index contributed by atoms with van der Waals surface area (Å²) >= 11 is 5.88. The number of rotatable bonds is 6. The van der Waals surface area contributed by atoms with Crippen LogP contribution in [0.15, 0.2) is 42.5 Å². The summed E-state index contributed by atoms with van der Waals surface area (Å²) < 4.78 is 10.8. The number of hydrogen-bond donors (Lipinski definition) is 1. The highest BCUT2D eigenvalue weighted by atomic mass is 35.5. The van der Waals surface area contributed by atoms with E-state index in [1.807, 2.05) is 24.3 Å². The standard InChI is InChI=1S/C22H26ClNO3/c1-26-19-11-12-20(21(14-19)27-2)16-5-3-15(4-6-16)13-22(25)24-18-9-7-17(23)8-10-18/h7-12,14-16H,3-6,13H2,1-2H3,(H,24,25)/t15-,16-. The maximum absolute atomic E-state index is 12.3. The molecule has 27 heavy (non-hydrogen) atoms. The lowest BCUT2D eigenvalue weighted by atomic mass is 9.77. The van der Waals surface area contributed by atoms with Crippen LogP contribution < -0.4 is 14.8 Å². The first-order valence-corrected chi connectivity index (χ1v) is 9.74. The second-order valence-corrected chi connectivity index (χ2v) is 7.52. The Balaban J connectivity index is 1.53. The number of amides is 1. The summed E-state index contributed by atoms with van der Waals surface area (Å²) in [4.78, 5) is 12.3. The Bertz CT molecular complexity index is 768. The maximum Gasteiger partial charge on any atom is 0.224 e. The molecule has 2 aromatic rings. The van der Waals surface area contributed by atoms with E-state index in [-0.39, 0.29) is 5.91 Å². The van der Waals surface area contributed by atoms with Crippen molar-refractivity contribution in [2.24, 2.45) is 5.92 Å². The number of anilines is 1. The van der Waals surface area contributed by atoms with E-state index in [4.69, 9.17) is 21.1 Å². The summed E-state index contributed by atoms with van der Waals surface area (Å²) in [5, 5.41) is 3.63. The van der Waals surface area contributed by atoms with Crippen LogP contribution in [0.3, 0.4) is 0 Å². The zero-order valence-electron chi connectivity index (χ0n) is 15.8. The van der Waals surface area contributed by atoms with Crippen molar-refractivity contribution in [3.63, 3.8) is 0 Å². The predicted octanol–water partition coefficient (Wildman–Crippen LogP) is 5.66. The smallest absolute Gasteiger partial charge is 0.224 e. The highest BCUT2D eigenvalue weighted by molar-refractivity contribution is 6.30. The van der Waals surface area contributed by atoms with Crippen LogP contribution >= 0.6 is 11.6 Å². The highest BCUT2D eigenvalue weighted by Gasteiger charge is 2.26. The zero-order valence-corrected chi connectivity index (χ0v) is 16.6. The van der Waals surface area contributed by atoms with Gasteiger partial charge in [-0.05, 0) is 73.4 Å². The Morgan fingerprint density at radius 2 is 1.74 bits per heavy atom. The molecule has 3 rings (SSSR count). The molecule has 1 fully saturated rings. The van der Waals surface area contributed by atoms with Crippen LogP contribution in [0.25, 0.3) is 0 Å². The maximum atomic E-state index is 12.3. The van der Waals surface area contributed by atoms with Crippen molar-refractivity contribution in [3.05, 3.63) is 53.1 Å². The van der Waals surface area contributed by atoms with Gasteiger partial charge in [0.1, 0.15) is 11.5 Å². The Morgan fingerprint density at radius 1 is 1.04 bits per heavy atom. The van der Waals surface area contributed by atoms with Crippen molar-refractivity contribution in [2.45, 2.75) is 38.0 Å². The Labute approximate surface area is 165 Å². The molecule has 0 spiro atoms. The van der Waals surface area contributed by atoms with E-state index in [9.17, 15) is 4.79 Å². The lowest BCUT2D eigenvalue weighted by molar-refractivity contribution is -0.117. The van der Waals surface area contributed by atoms with Gasteiger partial charge in [0.25, 0.3) is 0 Å². The van der Waals surface area contributed by atoms with E-state index < -0.39 is 0 Å². The molecule has 0 aromatic heterocycles. The molecule has 5 heteroatoms. The molecule has 1 saturated carbocycles. The quantitative estimate of drug-likeness (QED) is 0.695. The van der Waals surface area contributed by atoms with Crippen LogP contribution in [0, 0.1) is 5.92 Å². The van der Waals surface area contributed by atoms with Crippen molar-refractivity contribution in [1.29, 1.82) is 0 Å². The number of benzene rings is 2. The Hall–Kier alpha value is -2.20. The van der Waals surface area contributed by atoms with Crippen LogP contribution in [0.1, 0.15) is 43.6 Å². The number of ether oxygens (including phenoxy) is 2. The van der Waals surface area contributed by atoms with E-state index >= 15 is 0 Å². The van der Waals surface area contributed by atoms with Gasteiger partial charge in [-0.15, -0.1) is 0 Å². The molecule has 1 N–H and O–H groups in total. The number of hydrogen-bond acceptors (Lipinski definition) is 3. The largest absolute Gasteiger partial charge is 0.497 e. The molecule has 4 nitrogen and oxygen atoms in total. The normalized spacial score (nSPS) is 19.4. The molecule has 0 radical (unpaired) electrons. The molecule has 0 unspecified atom stereocenters. The second-order valence-electron chi connectivity index (χ2n) is 7.08. The van der Waals surface area contributed by atoms with Crippen LogP contribution in [0.4, 0.5) is 5.69 Å². The summed E-state index contributed by atoms with van der Waals surface area (Å²) in [7, 11) is 3.36. The van der Waals surface area contributed by atoms with Gasteiger partial charge in [0.15, 0.2) is 0 Å². The van der Waals surface area contributed by atoms with Crippen molar-refractivity contribution in [1.82, 2.24) is 0 Å². The molecule has 0 bridgehead atoms. The second kappa shape index (κ2) is 9.14. The molecule has 0 atom stereocenters. The number of methoxy groups -OCH3 is 2. The summed E-state index contributed by atoms with van der Waals surface area (Å²) in [5.74, 6) is 2.67. The van der Waals surface area contributed by atoms with E-state index in [2.05, 4.69) is 11.4 Å². The minimum Gasteiger partial charge on any atom is -0.497 e. The lowest BCUT2D eigenvalue weighted by Crippen LogP contribution is -2.20. The van der Waals surface area contributed by atoms with Crippen molar-refractivity contribution in [2.75, 3.05) is 19.5 Å². The monoisotopic (exact) mass is 387 g/mol. The number of nitrogens with one attached hydrogen (secondary N) is 1. The van der Waals surface area contributed by atoms with Gasteiger partial charge < -0.3 is 14.8 Å². The molecule has 144 valence electrons. The predicted molar refractivity (Wildman–Crippen MR) is 109 cm³/mol. The average Bonchev–Trinajstić information content (AvgIpc) is 2.70. The molecule has 2 aromatic carbocycles. The van der Waals surface area contributed by atoms with Crippen molar-refractivity contribution >= 4 is 23.2 Å². The zero-order chi connectivity index (χ0) is 19.2. The summed E-state index contributed by atoms with van der Waals surface area (Å²) in [5.41, 5.74) is 2.03. The average molecular weight is 388 g/mol. The number of halogens is 1. The fourth-order valence-corrected chi connectivity index (χ4v) is 3.97. The highest BCUT2D eigenvalue weighted by Crippen LogP contribution is 2.41. The SMILES string of the molecule is COc1ccc([C@H]2CC[C@H](CC(=O)Nc3ccc(Cl)cc3)CC2)c(OC)c1. The van der Waals surface area contributed by atoms with E-state index in [0.717, 1.165) is 42.9 Å². The molecule has 0 aliphatic heterocycles. The molecule has 1 amide bonds. The van der Waals surface area contributed by atoms with Crippen LogP contribution in [-0.2, 0) is 4.79 Å². The third-order valence-electron chi connectivity index (χ3n) is 5.33. The van der Waals surface area contributed by atoms with Gasteiger partial charge in [0.05, 0.1) is 14.2 Å². The van der Waals surface area contributed by atoms with Crippen LogP contribution in [0.5, 0.6) is 11.5 Å². The Morgan fingerprint density at radius 3 is 2.37 bits per heavy atom. The van der Waals surface area contributed by atoms with Gasteiger partial charge in [-0.3, -0.25) is 4.79 Å². The summed E-state index contributed by atoms with van der Waals surface area (Å²) in [6.45, 7) is 0. The third-order valence-corrected chi connectivity index (χ3v) is 5.58. The van der Waals surface area contributed by atoms with Crippen molar-refractivity contribution in [3.8, 4) is 11.5 Å². The fourth-order valence-electron chi connectivity index (χ4n) is 3.84. The third kappa shape index (κ3) is 5.16. The first-order valence-electron chi connectivity index (χ1n) is 9.36. The molecule has 1 aliphatic rings. The van der Waals surface area contributed by atoms with E-state index in [0.29, 0.717) is 23.3 Å². The first-order chi connectivity index (χ1) is 13.1. The minimum atomic E-state index is 0.0720.